The molecular formula is C20H18ClF4N5O. The number of alkyl halides is 3. The van der Waals surface area contributed by atoms with Gasteiger partial charge in [-0.3, -0.25) is 9.48 Å². The minimum atomic E-state index is -4.71. The SMILES string of the molecule is Cc1c(Cl)c(C(F)(F)F)nn1CC(=O)N1c2cnn(-c3ccc(F)cc3)c2CCC1C. The Morgan fingerprint density at radius 2 is 1.94 bits per heavy atom. The Labute approximate surface area is 180 Å². The van der Waals surface area contributed by atoms with Crippen LogP contribution < -0.4 is 4.90 Å². The maximum absolute atomic E-state index is 13.3. The summed E-state index contributed by atoms with van der Waals surface area (Å²) in [5, 5.41) is 7.34. The van der Waals surface area contributed by atoms with E-state index in [0.29, 0.717) is 24.2 Å². The molecule has 11 heteroatoms. The van der Waals surface area contributed by atoms with Gasteiger partial charge in [-0.25, -0.2) is 9.07 Å². The average Bonchev–Trinajstić information content (AvgIpc) is 3.24. The van der Waals surface area contributed by atoms with E-state index in [1.807, 2.05) is 6.92 Å². The summed E-state index contributed by atoms with van der Waals surface area (Å²) in [5.74, 6) is -0.801. The normalized spacial score (nSPS) is 16.5. The summed E-state index contributed by atoms with van der Waals surface area (Å²) in [6.07, 6.45) is -1.89. The van der Waals surface area contributed by atoms with Gasteiger partial charge < -0.3 is 4.90 Å². The quantitative estimate of drug-likeness (QED) is 0.544. The summed E-state index contributed by atoms with van der Waals surface area (Å²) >= 11 is 5.79. The number of carbonyl (C=O) groups excluding carboxylic acids is 1. The van der Waals surface area contributed by atoms with Crippen LogP contribution >= 0.6 is 11.6 Å². The zero-order chi connectivity index (χ0) is 22.5. The van der Waals surface area contributed by atoms with Gasteiger partial charge in [0.1, 0.15) is 12.4 Å². The zero-order valence-corrected chi connectivity index (χ0v) is 17.4. The van der Waals surface area contributed by atoms with Gasteiger partial charge in [0.2, 0.25) is 5.91 Å². The fourth-order valence-corrected chi connectivity index (χ4v) is 4.00. The number of amides is 1. The predicted octanol–water partition coefficient (Wildman–Crippen LogP) is 4.56. The third-order valence-electron chi connectivity index (χ3n) is 5.37. The van der Waals surface area contributed by atoms with E-state index >= 15 is 0 Å². The van der Waals surface area contributed by atoms with E-state index in [1.54, 1.807) is 16.8 Å². The number of nitrogens with zero attached hydrogens (tertiary/aromatic N) is 5. The first kappa shape index (κ1) is 21.4. The number of carbonyl (C=O) groups is 1. The maximum atomic E-state index is 13.3. The van der Waals surface area contributed by atoms with Crippen molar-refractivity contribution in [3.05, 3.63) is 58.4 Å². The van der Waals surface area contributed by atoms with Crippen molar-refractivity contribution in [2.24, 2.45) is 0 Å². The molecule has 0 fully saturated rings. The molecule has 0 bridgehead atoms. The minimum Gasteiger partial charge on any atom is -0.305 e. The number of rotatable bonds is 3. The number of hydrogen-bond acceptors (Lipinski definition) is 3. The number of hydrogen-bond donors (Lipinski definition) is 0. The Bertz CT molecular complexity index is 1140. The minimum absolute atomic E-state index is 0.0641. The number of halogens is 5. The molecule has 0 aliphatic carbocycles. The van der Waals surface area contributed by atoms with E-state index in [1.165, 1.54) is 30.2 Å². The van der Waals surface area contributed by atoms with Crippen molar-refractivity contribution in [1.29, 1.82) is 0 Å². The van der Waals surface area contributed by atoms with E-state index in [4.69, 9.17) is 11.6 Å². The fraction of sp³-hybridized carbons (Fsp3) is 0.350. The first-order valence-electron chi connectivity index (χ1n) is 9.53. The molecule has 1 amide bonds. The van der Waals surface area contributed by atoms with Crippen LogP contribution in [0.2, 0.25) is 5.02 Å². The Morgan fingerprint density at radius 1 is 1.26 bits per heavy atom. The van der Waals surface area contributed by atoms with Crippen LogP contribution in [0.3, 0.4) is 0 Å². The van der Waals surface area contributed by atoms with Gasteiger partial charge in [0.25, 0.3) is 0 Å². The first-order valence-corrected chi connectivity index (χ1v) is 9.90. The second-order valence-electron chi connectivity index (χ2n) is 7.42. The Balaban J connectivity index is 1.66. The summed E-state index contributed by atoms with van der Waals surface area (Å²) in [5.41, 5.74) is 0.837. The topological polar surface area (TPSA) is 56.0 Å². The number of anilines is 1. The lowest BCUT2D eigenvalue weighted by atomic mass is 10.0. The highest BCUT2D eigenvalue weighted by Gasteiger charge is 2.39. The third kappa shape index (κ3) is 3.80. The molecule has 0 radical (unpaired) electrons. The highest BCUT2D eigenvalue weighted by Crippen LogP contribution is 2.36. The summed E-state index contributed by atoms with van der Waals surface area (Å²) in [6.45, 7) is 2.85. The zero-order valence-electron chi connectivity index (χ0n) is 16.6. The lowest BCUT2D eigenvalue weighted by Gasteiger charge is -2.33. The van der Waals surface area contributed by atoms with E-state index in [9.17, 15) is 22.4 Å². The molecule has 1 aliphatic rings. The molecule has 0 saturated heterocycles. The van der Waals surface area contributed by atoms with Crippen molar-refractivity contribution in [3.8, 4) is 5.69 Å². The van der Waals surface area contributed by atoms with Crippen molar-refractivity contribution >= 4 is 23.2 Å². The average molecular weight is 456 g/mol. The molecule has 0 spiro atoms. The van der Waals surface area contributed by atoms with E-state index in [2.05, 4.69) is 10.2 Å². The van der Waals surface area contributed by atoms with Crippen LogP contribution in [-0.4, -0.2) is 31.5 Å². The summed E-state index contributed by atoms with van der Waals surface area (Å²) in [4.78, 5) is 14.6. The van der Waals surface area contributed by atoms with Crippen molar-refractivity contribution < 1.29 is 22.4 Å². The van der Waals surface area contributed by atoms with Crippen LogP contribution in [-0.2, 0) is 23.9 Å². The largest absolute Gasteiger partial charge is 0.436 e. The van der Waals surface area contributed by atoms with Crippen LogP contribution in [0, 0.1) is 12.7 Å². The lowest BCUT2D eigenvalue weighted by molar-refractivity contribution is -0.141. The van der Waals surface area contributed by atoms with Gasteiger partial charge >= 0.3 is 6.18 Å². The molecule has 3 aromatic rings. The molecular weight excluding hydrogens is 438 g/mol. The van der Waals surface area contributed by atoms with Crippen LogP contribution in [0.4, 0.5) is 23.2 Å². The van der Waals surface area contributed by atoms with E-state index < -0.39 is 29.3 Å². The van der Waals surface area contributed by atoms with Gasteiger partial charge in [-0.15, -0.1) is 0 Å². The molecule has 0 saturated carbocycles. The molecule has 2 aromatic heterocycles. The summed E-state index contributed by atoms with van der Waals surface area (Å²) < 4.78 is 55.1. The van der Waals surface area contributed by atoms with Gasteiger partial charge in [-0.1, -0.05) is 11.6 Å². The number of aromatic nitrogens is 4. The van der Waals surface area contributed by atoms with Gasteiger partial charge in [0, 0.05) is 6.04 Å². The van der Waals surface area contributed by atoms with Crippen LogP contribution in [0.1, 0.15) is 30.4 Å². The molecule has 6 nitrogen and oxygen atoms in total. The van der Waals surface area contributed by atoms with E-state index in [-0.39, 0.29) is 17.6 Å². The van der Waals surface area contributed by atoms with Crippen molar-refractivity contribution in [1.82, 2.24) is 19.6 Å². The third-order valence-corrected chi connectivity index (χ3v) is 5.83. The van der Waals surface area contributed by atoms with Crippen LogP contribution in [0.5, 0.6) is 0 Å². The summed E-state index contributed by atoms with van der Waals surface area (Å²) in [6, 6.07) is 5.63. The fourth-order valence-electron chi connectivity index (χ4n) is 3.76. The van der Waals surface area contributed by atoms with Crippen LogP contribution in [0.25, 0.3) is 5.69 Å². The second-order valence-corrected chi connectivity index (χ2v) is 7.80. The molecule has 164 valence electrons. The molecule has 4 rings (SSSR count). The standard InChI is InChI=1S/C20H18ClF4N5O/c1-11-3-8-15-16(9-26-30(15)14-6-4-13(22)5-7-14)29(11)17(31)10-28-12(2)18(21)19(27-28)20(23,24)25/h4-7,9,11H,3,8,10H2,1-2H3. The predicted molar refractivity (Wildman–Crippen MR) is 106 cm³/mol. The smallest absolute Gasteiger partial charge is 0.305 e. The van der Waals surface area contributed by atoms with E-state index in [0.717, 1.165) is 10.4 Å². The van der Waals surface area contributed by atoms with Crippen molar-refractivity contribution in [3.63, 3.8) is 0 Å². The maximum Gasteiger partial charge on any atom is 0.436 e. The number of fused-ring (bicyclic) bond motifs is 1. The molecule has 3 heterocycles. The van der Waals surface area contributed by atoms with Gasteiger partial charge in [0.05, 0.1) is 34.0 Å². The van der Waals surface area contributed by atoms with Gasteiger partial charge in [-0.05, 0) is 51.0 Å². The lowest BCUT2D eigenvalue weighted by Crippen LogP contribution is -2.44. The Kier molecular flexibility index (Phi) is 5.28. The molecule has 1 aliphatic heterocycles. The molecule has 31 heavy (non-hydrogen) atoms. The highest BCUT2D eigenvalue weighted by atomic mass is 35.5. The molecule has 1 aromatic carbocycles. The van der Waals surface area contributed by atoms with Crippen LogP contribution in [0.15, 0.2) is 30.5 Å². The molecule has 0 N–H and O–H groups in total. The summed E-state index contributed by atoms with van der Waals surface area (Å²) in [7, 11) is 0. The molecule has 1 atom stereocenters. The first-order chi connectivity index (χ1) is 14.6. The van der Waals surface area contributed by atoms with Crippen molar-refractivity contribution in [2.45, 2.75) is 45.5 Å². The highest BCUT2D eigenvalue weighted by molar-refractivity contribution is 6.32. The Morgan fingerprint density at radius 3 is 2.55 bits per heavy atom. The Hall–Kier alpha value is -2.88. The van der Waals surface area contributed by atoms with Gasteiger partial charge in [0.15, 0.2) is 5.69 Å². The molecule has 1 unspecified atom stereocenters. The van der Waals surface area contributed by atoms with Crippen molar-refractivity contribution in [2.75, 3.05) is 4.90 Å². The van der Waals surface area contributed by atoms with Gasteiger partial charge in [-0.2, -0.15) is 23.4 Å². The second kappa shape index (κ2) is 7.67. The number of benzene rings is 1. The monoisotopic (exact) mass is 455 g/mol.